The Morgan fingerprint density at radius 2 is 2.05 bits per heavy atom. The number of amides is 1. The molecular formula is C14H17FN2O3. The van der Waals surface area contributed by atoms with Gasteiger partial charge < -0.3 is 5.32 Å². The lowest BCUT2D eigenvalue weighted by Gasteiger charge is -2.20. The van der Waals surface area contributed by atoms with Crippen LogP contribution in [0.5, 0.6) is 0 Å². The Balaban J connectivity index is 1.96. The summed E-state index contributed by atoms with van der Waals surface area (Å²) in [6.45, 7) is 0. The molecule has 6 heteroatoms. The zero-order valence-electron chi connectivity index (χ0n) is 11.1. The summed E-state index contributed by atoms with van der Waals surface area (Å²) in [5.41, 5.74) is -0.362. The van der Waals surface area contributed by atoms with Crippen molar-refractivity contribution in [2.24, 2.45) is 5.92 Å². The van der Waals surface area contributed by atoms with E-state index in [1.165, 1.54) is 12.5 Å². The SMILES string of the molecule is O=C(CC1CCCCC1)Nc1ccc(F)c([N+](=O)[O-])c1. The maximum atomic E-state index is 13.2. The zero-order chi connectivity index (χ0) is 14.5. The van der Waals surface area contributed by atoms with Crippen LogP contribution in [0.25, 0.3) is 0 Å². The number of hydrogen-bond donors (Lipinski definition) is 1. The third-order valence-electron chi connectivity index (χ3n) is 3.63. The monoisotopic (exact) mass is 280 g/mol. The molecule has 0 radical (unpaired) electrons. The van der Waals surface area contributed by atoms with Crippen molar-refractivity contribution in [3.63, 3.8) is 0 Å². The molecule has 1 amide bonds. The van der Waals surface area contributed by atoms with E-state index in [4.69, 9.17) is 0 Å². The van der Waals surface area contributed by atoms with Crippen LogP contribution in [-0.2, 0) is 4.79 Å². The van der Waals surface area contributed by atoms with Crippen molar-refractivity contribution in [3.8, 4) is 0 Å². The Bertz CT molecular complexity index is 513. The van der Waals surface area contributed by atoms with Crippen LogP contribution >= 0.6 is 0 Å². The molecule has 1 aliphatic carbocycles. The van der Waals surface area contributed by atoms with E-state index >= 15 is 0 Å². The van der Waals surface area contributed by atoms with Gasteiger partial charge in [0.05, 0.1) is 4.92 Å². The number of carbonyl (C=O) groups excluding carboxylic acids is 1. The molecule has 1 aromatic rings. The minimum atomic E-state index is -0.903. The lowest BCUT2D eigenvalue weighted by Crippen LogP contribution is -2.18. The highest BCUT2D eigenvalue weighted by Crippen LogP contribution is 2.27. The first-order valence-corrected chi connectivity index (χ1v) is 6.80. The highest BCUT2D eigenvalue weighted by atomic mass is 19.1. The fraction of sp³-hybridized carbons (Fsp3) is 0.500. The van der Waals surface area contributed by atoms with E-state index in [0.717, 1.165) is 37.8 Å². The number of nitrogens with one attached hydrogen (secondary N) is 1. The van der Waals surface area contributed by atoms with Gasteiger partial charge in [0.2, 0.25) is 11.7 Å². The van der Waals surface area contributed by atoms with Crippen molar-refractivity contribution in [2.75, 3.05) is 5.32 Å². The molecule has 0 atom stereocenters. The third-order valence-corrected chi connectivity index (χ3v) is 3.63. The molecule has 20 heavy (non-hydrogen) atoms. The Hall–Kier alpha value is -1.98. The quantitative estimate of drug-likeness (QED) is 0.676. The number of rotatable bonds is 4. The maximum Gasteiger partial charge on any atom is 0.306 e. The second kappa shape index (κ2) is 6.45. The van der Waals surface area contributed by atoms with E-state index in [2.05, 4.69) is 5.32 Å². The molecule has 0 unspecified atom stereocenters. The topological polar surface area (TPSA) is 72.2 Å². The van der Waals surface area contributed by atoms with Crippen molar-refractivity contribution < 1.29 is 14.1 Å². The largest absolute Gasteiger partial charge is 0.326 e. The molecule has 108 valence electrons. The summed E-state index contributed by atoms with van der Waals surface area (Å²) in [5.74, 6) is -0.683. The second-order valence-electron chi connectivity index (χ2n) is 5.18. The van der Waals surface area contributed by atoms with Crippen LogP contribution < -0.4 is 5.32 Å². The van der Waals surface area contributed by atoms with Crippen LogP contribution in [-0.4, -0.2) is 10.8 Å². The Morgan fingerprint density at radius 1 is 1.35 bits per heavy atom. The molecule has 5 nitrogen and oxygen atoms in total. The van der Waals surface area contributed by atoms with E-state index in [-0.39, 0.29) is 11.6 Å². The molecule has 1 aromatic carbocycles. The van der Waals surface area contributed by atoms with Gasteiger partial charge in [-0.05, 0) is 30.9 Å². The summed E-state index contributed by atoms with van der Waals surface area (Å²) < 4.78 is 13.2. The number of carbonyl (C=O) groups is 1. The predicted octanol–water partition coefficient (Wildman–Crippen LogP) is 3.64. The standard InChI is InChI=1S/C14H17FN2O3/c15-12-7-6-11(9-13(12)17(19)20)16-14(18)8-10-4-2-1-3-5-10/h6-7,9-10H,1-5,8H2,(H,16,18). The molecule has 1 aliphatic rings. The molecular weight excluding hydrogens is 263 g/mol. The van der Waals surface area contributed by atoms with Crippen molar-refractivity contribution in [2.45, 2.75) is 38.5 Å². The van der Waals surface area contributed by atoms with Crippen LogP contribution in [0.1, 0.15) is 38.5 Å². The number of nitro benzene ring substituents is 1. The summed E-state index contributed by atoms with van der Waals surface area (Å²) in [6.07, 6.45) is 6.06. The first kappa shape index (κ1) is 14.4. The Labute approximate surface area is 116 Å². The summed E-state index contributed by atoms with van der Waals surface area (Å²) in [7, 11) is 0. The molecule has 1 fully saturated rings. The number of anilines is 1. The summed E-state index contributed by atoms with van der Waals surface area (Å²) in [5, 5.41) is 13.2. The van der Waals surface area contributed by atoms with Crippen LogP contribution in [0, 0.1) is 21.8 Å². The number of nitrogens with zero attached hydrogens (tertiary/aromatic N) is 1. The smallest absolute Gasteiger partial charge is 0.306 e. The molecule has 0 saturated heterocycles. The van der Waals surface area contributed by atoms with E-state index in [1.54, 1.807) is 0 Å². The summed E-state index contributed by atoms with van der Waals surface area (Å²) in [4.78, 5) is 21.7. The van der Waals surface area contributed by atoms with Crippen LogP contribution in [0.2, 0.25) is 0 Å². The van der Waals surface area contributed by atoms with Crippen molar-refractivity contribution in [1.82, 2.24) is 0 Å². The third kappa shape index (κ3) is 3.76. The van der Waals surface area contributed by atoms with Gasteiger partial charge in [0, 0.05) is 18.2 Å². The van der Waals surface area contributed by atoms with E-state index < -0.39 is 16.4 Å². The first-order valence-electron chi connectivity index (χ1n) is 6.80. The van der Waals surface area contributed by atoms with Crippen molar-refractivity contribution in [3.05, 3.63) is 34.1 Å². The minimum Gasteiger partial charge on any atom is -0.326 e. The lowest BCUT2D eigenvalue weighted by atomic mass is 9.87. The second-order valence-corrected chi connectivity index (χ2v) is 5.18. The molecule has 2 rings (SSSR count). The predicted molar refractivity (Wildman–Crippen MR) is 72.9 cm³/mol. The van der Waals surface area contributed by atoms with Gasteiger partial charge in [-0.15, -0.1) is 0 Å². The minimum absolute atomic E-state index is 0.169. The zero-order valence-corrected chi connectivity index (χ0v) is 11.1. The summed E-state index contributed by atoms with van der Waals surface area (Å²) in [6, 6.07) is 3.38. The van der Waals surface area contributed by atoms with E-state index in [9.17, 15) is 19.3 Å². The molecule has 0 spiro atoms. The molecule has 1 N–H and O–H groups in total. The van der Waals surface area contributed by atoms with Gasteiger partial charge in [0.25, 0.3) is 0 Å². The average molecular weight is 280 g/mol. The number of hydrogen-bond acceptors (Lipinski definition) is 3. The van der Waals surface area contributed by atoms with Crippen molar-refractivity contribution in [1.29, 1.82) is 0 Å². The lowest BCUT2D eigenvalue weighted by molar-refractivity contribution is -0.387. The number of halogens is 1. The van der Waals surface area contributed by atoms with E-state index in [1.807, 2.05) is 0 Å². The molecule has 0 aromatic heterocycles. The van der Waals surface area contributed by atoms with Crippen LogP contribution in [0.15, 0.2) is 18.2 Å². The fourth-order valence-electron chi connectivity index (χ4n) is 2.60. The normalized spacial score (nSPS) is 15.8. The molecule has 0 heterocycles. The average Bonchev–Trinajstić information content (AvgIpc) is 2.41. The van der Waals surface area contributed by atoms with E-state index in [0.29, 0.717) is 12.3 Å². The highest BCUT2D eigenvalue weighted by molar-refractivity contribution is 5.91. The van der Waals surface area contributed by atoms with Gasteiger partial charge in [-0.1, -0.05) is 19.3 Å². The number of nitro groups is 1. The van der Waals surface area contributed by atoms with Gasteiger partial charge in [-0.3, -0.25) is 14.9 Å². The Kier molecular flexibility index (Phi) is 4.65. The van der Waals surface area contributed by atoms with Gasteiger partial charge in [0.1, 0.15) is 0 Å². The molecule has 0 aliphatic heterocycles. The van der Waals surface area contributed by atoms with Gasteiger partial charge in [0.15, 0.2) is 0 Å². The maximum absolute atomic E-state index is 13.2. The van der Waals surface area contributed by atoms with Gasteiger partial charge in [-0.2, -0.15) is 4.39 Å². The highest BCUT2D eigenvalue weighted by Gasteiger charge is 2.19. The first-order chi connectivity index (χ1) is 9.56. The van der Waals surface area contributed by atoms with Crippen molar-refractivity contribution >= 4 is 17.3 Å². The van der Waals surface area contributed by atoms with Crippen LogP contribution in [0.3, 0.4) is 0 Å². The van der Waals surface area contributed by atoms with Gasteiger partial charge in [-0.25, -0.2) is 0 Å². The van der Waals surface area contributed by atoms with Crippen LogP contribution in [0.4, 0.5) is 15.8 Å². The molecule has 1 saturated carbocycles. The summed E-state index contributed by atoms with van der Waals surface area (Å²) >= 11 is 0. The number of benzene rings is 1. The van der Waals surface area contributed by atoms with Gasteiger partial charge >= 0.3 is 5.69 Å². The Morgan fingerprint density at radius 3 is 2.70 bits per heavy atom. The molecule has 0 bridgehead atoms. The fourth-order valence-corrected chi connectivity index (χ4v) is 2.60.